The van der Waals surface area contributed by atoms with E-state index in [-0.39, 0.29) is 39.4 Å². The highest BCUT2D eigenvalue weighted by molar-refractivity contribution is 7.89. The number of halogens is 2. The Hall–Kier alpha value is -1.58. The van der Waals surface area contributed by atoms with Gasteiger partial charge in [-0.05, 0) is 12.1 Å². The van der Waals surface area contributed by atoms with E-state index in [0.717, 1.165) is 12.1 Å². The molecular formula is C14H16F2N2O4S. The van der Waals surface area contributed by atoms with Gasteiger partial charge in [0, 0.05) is 26.2 Å². The molecule has 9 heteroatoms. The van der Waals surface area contributed by atoms with Crippen molar-refractivity contribution in [1.29, 1.82) is 0 Å². The predicted octanol–water partition coefficient (Wildman–Crippen LogP) is 0.451. The molecule has 126 valence electrons. The van der Waals surface area contributed by atoms with E-state index in [1.807, 2.05) is 0 Å². The average molecular weight is 346 g/mol. The molecule has 2 fully saturated rings. The Morgan fingerprint density at radius 3 is 2.13 bits per heavy atom. The topological polar surface area (TPSA) is 66.9 Å². The van der Waals surface area contributed by atoms with Gasteiger partial charge in [0.05, 0.1) is 13.2 Å². The summed E-state index contributed by atoms with van der Waals surface area (Å²) in [7, 11) is -3.43. The third-order valence-electron chi connectivity index (χ3n) is 4.09. The van der Waals surface area contributed by atoms with Crippen molar-refractivity contribution in [2.45, 2.75) is 5.25 Å². The van der Waals surface area contributed by atoms with Crippen molar-refractivity contribution in [3.05, 3.63) is 35.4 Å². The minimum absolute atomic E-state index is 0.0966. The van der Waals surface area contributed by atoms with Crippen LogP contribution in [0.3, 0.4) is 0 Å². The molecule has 1 aromatic carbocycles. The van der Waals surface area contributed by atoms with Crippen molar-refractivity contribution in [2.24, 2.45) is 0 Å². The lowest BCUT2D eigenvalue weighted by molar-refractivity contribution is 0.0378. The molecule has 1 aromatic rings. The van der Waals surface area contributed by atoms with Gasteiger partial charge in [-0.25, -0.2) is 17.2 Å². The second-order valence-electron chi connectivity index (χ2n) is 5.49. The molecule has 0 spiro atoms. The molecule has 0 aromatic heterocycles. The van der Waals surface area contributed by atoms with Crippen LogP contribution >= 0.6 is 0 Å². The summed E-state index contributed by atoms with van der Waals surface area (Å²) >= 11 is 0. The number of ether oxygens (including phenoxy) is 1. The first-order valence-electron chi connectivity index (χ1n) is 7.21. The SMILES string of the molecule is O=C(c1c(F)cccc1F)N1CCN(S(=O)(=O)C2COC2)CC1. The monoisotopic (exact) mass is 346 g/mol. The lowest BCUT2D eigenvalue weighted by atomic mass is 10.1. The van der Waals surface area contributed by atoms with Crippen LogP contribution in [0.15, 0.2) is 18.2 Å². The van der Waals surface area contributed by atoms with Crippen molar-refractivity contribution >= 4 is 15.9 Å². The van der Waals surface area contributed by atoms with Gasteiger partial charge in [0.25, 0.3) is 5.91 Å². The van der Waals surface area contributed by atoms with Crippen molar-refractivity contribution in [3.8, 4) is 0 Å². The highest BCUT2D eigenvalue weighted by atomic mass is 32.2. The molecule has 2 saturated heterocycles. The first kappa shape index (κ1) is 16.3. The van der Waals surface area contributed by atoms with E-state index in [9.17, 15) is 22.0 Å². The van der Waals surface area contributed by atoms with Gasteiger partial charge in [-0.15, -0.1) is 0 Å². The summed E-state index contributed by atoms with van der Waals surface area (Å²) in [5.74, 6) is -2.60. The van der Waals surface area contributed by atoms with Crippen LogP contribution in [0.5, 0.6) is 0 Å². The molecule has 2 aliphatic rings. The molecular weight excluding hydrogens is 330 g/mol. The van der Waals surface area contributed by atoms with Gasteiger partial charge >= 0.3 is 0 Å². The zero-order valence-electron chi connectivity index (χ0n) is 12.2. The van der Waals surface area contributed by atoms with Gasteiger partial charge in [-0.3, -0.25) is 4.79 Å². The van der Waals surface area contributed by atoms with Crippen LogP contribution in [0.4, 0.5) is 8.78 Å². The van der Waals surface area contributed by atoms with Crippen LogP contribution in [0.2, 0.25) is 0 Å². The Labute approximate surface area is 132 Å². The van der Waals surface area contributed by atoms with Gasteiger partial charge in [-0.2, -0.15) is 4.31 Å². The highest BCUT2D eigenvalue weighted by Gasteiger charge is 2.39. The second-order valence-corrected chi connectivity index (χ2v) is 7.71. The number of benzene rings is 1. The summed E-state index contributed by atoms with van der Waals surface area (Å²) in [6.45, 7) is 0.782. The summed E-state index contributed by atoms with van der Waals surface area (Å²) in [4.78, 5) is 13.5. The Kier molecular flexibility index (Phi) is 4.35. The standard InChI is InChI=1S/C14H16F2N2O4S/c15-11-2-1-3-12(16)13(11)14(19)17-4-6-18(7-5-17)23(20,21)10-8-22-9-10/h1-3,10H,4-9H2. The predicted molar refractivity (Wildman–Crippen MR) is 77.4 cm³/mol. The molecule has 0 aliphatic carbocycles. The summed E-state index contributed by atoms with van der Waals surface area (Å²) in [6.07, 6.45) is 0. The normalized spacial score (nSPS) is 20.3. The van der Waals surface area contributed by atoms with E-state index in [1.54, 1.807) is 0 Å². The zero-order chi connectivity index (χ0) is 16.6. The molecule has 0 unspecified atom stereocenters. The fourth-order valence-corrected chi connectivity index (χ4v) is 4.23. The lowest BCUT2D eigenvalue weighted by Crippen LogP contribution is -2.56. The van der Waals surface area contributed by atoms with Crippen LogP contribution in [0.1, 0.15) is 10.4 Å². The number of carbonyl (C=O) groups is 1. The first-order valence-corrected chi connectivity index (χ1v) is 8.71. The number of amides is 1. The Bertz CT molecular complexity index is 693. The third kappa shape index (κ3) is 2.96. The molecule has 0 saturated carbocycles. The third-order valence-corrected chi connectivity index (χ3v) is 6.29. The van der Waals surface area contributed by atoms with Gasteiger partial charge in [0.2, 0.25) is 10.0 Å². The number of piperazine rings is 1. The summed E-state index contributed by atoms with van der Waals surface area (Å²) in [5, 5.41) is -0.534. The molecule has 0 bridgehead atoms. The number of nitrogens with zero attached hydrogens (tertiary/aromatic N) is 2. The smallest absolute Gasteiger partial charge is 0.259 e. The molecule has 0 N–H and O–H groups in total. The van der Waals surface area contributed by atoms with E-state index in [4.69, 9.17) is 4.74 Å². The van der Waals surface area contributed by atoms with Crippen molar-refractivity contribution < 1.29 is 26.7 Å². The van der Waals surface area contributed by atoms with Crippen molar-refractivity contribution in [2.75, 3.05) is 39.4 Å². The molecule has 23 heavy (non-hydrogen) atoms. The second kappa shape index (κ2) is 6.14. The van der Waals surface area contributed by atoms with Crippen LogP contribution in [0, 0.1) is 11.6 Å². The molecule has 0 radical (unpaired) electrons. The Morgan fingerprint density at radius 2 is 1.65 bits per heavy atom. The van der Waals surface area contributed by atoms with Gasteiger partial charge in [-0.1, -0.05) is 6.07 Å². The quantitative estimate of drug-likeness (QED) is 0.797. The molecule has 2 aliphatic heterocycles. The fraction of sp³-hybridized carbons (Fsp3) is 0.500. The molecule has 2 heterocycles. The lowest BCUT2D eigenvalue weighted by Gasteiger charge is -2.37. The molecule has 0 atom stereocenters. The maximum Gasteiger partial charge on any atom is 0.259 e. The number of carbonyl (C=O) groups excluding carboxylic acids is 1. The first-order chi connectivity index (χ1) is 10.9. The van der Waals surface area contributed by atoms with Gasteiger partial charge in [0.1, 0.15) is 22.4 Å². The van der Waals surface area contributed by atoms with E-state index < -0.39 is 38.4 Å². The van der Waals surface area contributed by atoms with Crippen molar-refractivity contribution in [1.82, 2.24) is 9.21 Å². The fourth-order valence-electron chi connectivity index (χ4n) is 2.60. The highest BCUT2D eigenvalue weighted by Crippen LogP contribution is 2.20. The average Bonchev–Trinajstić information content (AvgIpc) is 2.44. The van der Waals surface area contributed by atoms with E-state index in [0.29, 0.717) is 0 Å². The van der Waals surface area contributed by atoms with Crippen molar-refractivity contribution in [3.63, 3.8) is 0 Å². The zero-order valence-corrected chi connectivity index (χ0v) is 13.1. The van der Waals surface area contributed by atoms with Gasteiger partial charge in [0.15, 0.2) is 0 Å². The molecule has 6 nitrogen and oxygen atoms in total. The summed E-state index contributed by atoms with van der Waals surface area (Å²) in [6, 6.07) is 3.23. The van der Waals surface area contributed by atoms with Crippen LogP contribution < -0.4 is 0 Å². The summed E-state index contributed by atoms with van der Waals surface area (Å²) < 4.78 is 58.0. The number of hydrogen-bond donors (Lipinski definition) is 0. The number of hydrogen-bond acceptors (Lipinski definition) is 4. The Balaban J connectivity index is 1.68. The summed E-state index contributed by atoms with van der Waals surface area (Å²) in [5.41, 5.74) is -0.601. The minimum Gasteiger partial charge on any atom is -0.378 e. The number of sulfonamides is 1. The van der Waals surface area contributed by atoms with Crippen LogP contribution in [-0.2, 0) is 14.8 Å². The maximum absolute atomic E-state index is 13.7. The van der Waals surface area contributed by atoms with E-state index >= 15 is 0 Å². The Morgan fingerprint density at radius 1 is 1.09 bits per heavy atom. The largest absolute Gasteiger partial charge is 0.378 e. The van der Waals surface area contributed by atoms with E-state index in [1.165, 1.54) is 15.3 Å². The van der Waals surface area contributed by atoms with Crippen LogP contribution in [-0.4, -0.2) is 68.2 Å². The van der Waals surface area contributed by atoms with E-state index in [2.05, 4.69) is 0 Å². The molecule has 3 rings (SSSR count). The minimum atomic E-state index is -3.43. The van der Waals surface area contributed by atoms with Gasteiger partial charge < -0.3 is 9.64 Å². The number of rotatable bonds is 3. The van der Waals surface area contributed by atoms with Crippen LogP contribution in [0.25, 0.3) is 0 Å². The molecule has 1 amide bonds. The maximum atomic E-state index is 13.7.